The number of alkyl halides is 1. The third-order valence-corrected chi connectivity index (χ3v) is 4.13. The first-order chi connectivity index (χ1) is 11.1. The predicted octanol–water partition coefficient (Wildman–Crippen LogP) is 2.31. The normalized spacial score (nSPS) is 19.0. The molecule has 23 heavy (non-hydrogen) atoms. The molecular weight excluding hydrogens is 320 g/mol. The van der Waals surface area contributed by atoms with Crippen LogP contribution in [0.2, 0.25) is 0 Å². The Morgan fingerprint density at radius 2 is 1.91 bits per heavy atom. The van der Waals surface area contributed by atoms with E-state index in [1.807, 2.05) is 0 Å². The zero-order chi connectivity index (χ0) is 16.9. The van der Waals surface area contributed by atoms with Crippen molar-refractivity contribution in [3.63, 3.8) is 0 Å². The standard InChI is InChI=1S/C15H18N2O4.CH3Cl/c18-13(19)12-3-1-11(2-4-12)9-17-10-15(21-14(17)20)5-7-16-8-6-15;1-2/h1-4,16H,5-10H2,(H,18,19);1H3. The van der Waals surface area contributed by atoms with E-state index in [1.54, 1.807) is 29.2 Å². The van der Waals surface area contributed by atoms with Gasteiger partial charge in [-0.2, -0.15) is 0 Å². The predicted molar refractivity (Wildman–Crippen MR) is 86.9 cm³/mol. The minimum Gasteiger partial charge on any atom is -0.478 e. The number of nitrogens with one attached hydrogen (secondary N) is 1. The fourth-order valence-corrected chi connectivity index (χ4v) is 2.93. The van der Waals surface area contributed by atoms with Crippen molar-refractivity contribution in [2.75, 3.05) is 26.0 Å². The van der Waals surface area contributed by atoms with Gasteiger partial charge in [-0.05, 0) is 30.8 Å². The van der Waals surface area contributed by atoms with Gasteiger partial charge in [-0.25, -0.2) is 9.59 Å². The van der Waals surface area contributed by atoms with Crippen molar-refractivity contribution >= 4 is 23.7 Å². The van der Waals surface area contributed by atoms with E-state index in [0.29, 0.717) is 13.1 Å². The summed E-state index contributed by atoms with van der Waals surface area (Å²) in [6, 6.07) is 6.59. The van der Waals surface area contributed by atoms with Crippen molar-refractivity contribution in [3.8, 4) is 0 Å². The van der Waals surface area contributed by atoms with Gasteiger partial charge in [0.05, 0.1) is 12.1 Å². The topological polar surface area (TPSA) is 78.9 Å². The maximum Gasteiger partial charge on any atom is 0.410 e. The molecule has 0 radical (unpaired) electrons. The summed E-state index contributed by atoms with van der Waals surface area (Å²) in [4.78, 5) is 24.5. The van der Waals surface area contributed by atoms with Crippen molar-refractivity contribution in [2.24, 2.45) is 0 Å². The Morgan fingerprint density at radius 1 is 1.30 bits per heavy atom. The average Bonchev–Trinajstić information content (AvgIpc) is 2.85. The van der Waals surface area contributed by atoms with Gasteiger partial charge < -0.3 is 15.2 Å². The summed E-state index contributed by atoms with van der Waals surface area (Å²) in [5.74, 6) is -0.948. The molecule has 126 valence electrons. The maximum atomic E-state index is 12.0. The van der Waals surface area contributed by atoms with E-state index in [0.717, 1.165) is 31.5 Å². The summed E-state index contributed by atoms with van der Waals surface area (Å²) >= 11 is 4.64. The molecule has 0 saturated carbocycles. The van der Waals surface area contributed by atoms with Crippen LogP contribution in [0.4, 0.5) is 4.79 Å². The van der Waals surface area contributed by atoms with Crippen LogP contribution in [0.25, 0.3) is 0 Å². The molecule has 2 fully saturated rings. The van der Waals surface area contributed by atoms with E-state index in [1.165, 1.54) is 6.38 Å². The van der Waals surface area contributed by atoms with E-state index in [4.69, 9.17) is 9.84 Å². The van der Waals surface area contributed by atoms with Crippen LogP contribution in [-0.4, -0.2) is 53.7 Å². The third-order valence-electron chi connectivity index (χ3n) is 4.13. The highest BCUT2D eigenvalue weighted by Crippen LogP contribution is 2.31. The summed E-state index contributed by atoms with van der Waals surface area (Å²) in [7, 11) is 0. The first kappa shape index (κ1) is 17.6. The molecule has 2 aliphatic heterocycles. The molecule has 0 bridgehead atoms. The first-order valence-corrected chi connectivity index (χ1v) is 8.22. The second-order valence-corrected chi connectivity index (χ2v) is 5.66. The van der Waals surface area contributed by atoms with E-state index in [-0.39, 0.29) is 17.3 Å². The minimum absolute atomic E-state index is 0.248. The Balaban J connectivity index is 0.000000924. The quantitative estimate of drug-likeness (QED) is 0.825. The van der Waals surface area contributed by atoms with Crippen LogP contribution >= 0.6 is 11.6 Å². The maximum absolute atomic E-state index is 12.0. The Hall–Kier alpha value is -1.79. The number of halogens is 1. The molecule has 0 unspecified atom stereocenters. The van der Waals surface area contributed by atoms with Crippen LogP contribution in [0.5, 0.6) is 0 Å². The SMILES string of the molecule is CCl.O=C(O)c1ccc(CN2CC3(CCNCC3)OC2=O)cc1. The number of ether oxygens (including phenoxy) is 1. The minimum atomic E-state index is -0.948. The summed E-state index contributed by atoms with van der Waals surface area (Å²) in [5.41, 5.74) is 0.809. The molecule has 2 heterocycles. The van der Waals surface area contributed by atoms with E-state index in [9.17, 15) is 9.59 Å². The van der Waals surface area contributed by atoms with Gasteiger partial charge in [0.2, 0.25) is 0 Å². The summed E-state index contributed by atoms with van der Waals surface area (Å²) in [6.45, 7) is 2.80. The van der Waals surface area contributed by atoms with Crippen molar-refractivity contribution in [3.05, 3.63) is 35.4 Å². The molecule has 2 saturated heterocycles. The summed E-state index contributed by atoms with van der Waals surface area (Å²) in [5, 5.41) is 12.1. The molecule has 0 aromatic heterocycles. The lowest BCUT2D eigenvalue weighted by atomic mass is 9.92. The lowest BCUT2D eigenvalue weighted by Gasteiger charge is -2.31. The third kappa shape index (κ3) is 4.14. The molecule has 3 rings (SSSR count). The van der Waals surface area contributed by atoms with Crippen LogP contribution in [-0.2, 0) is 11.3 Å². The second-order valence-electron chi connectivity index (χ2n) is 5.66. The number of piperidine rings is 1. The number of hydrogen-bond donors (Lipinski definition) is 2. The zero-order valence-corrected chi connectivity index (χ0v) is 13.8. The van der Waals surface area contributed by atoms with Crippen LogP contribution in [0, 0.1) is 0 Å². The van der Waals surface area contributed by atoms with Crippen LogP contribution in [0.3, 0.4) is 0 Å². The Morgan fingerprint density at radius 3 is 2.48 bits per heavy atom. The van der Waals surface area contributed by atoms with Crippen molar-refractivity contribution in [1.82, 2.24) is 10.2 Å². The van der Waals surface area contributed by atoms with Gasteiger partial charge in [0.25, 0.3) is 0 Å². The molecule has 6 nitrogen and oxygen atoms in total. The number of carboxylic acid groups (broad SMARTS) is 1. The number of rotatable bonds is 3. The van der Waals surface area contributed by atoms with Crippen molar-refractivity contribution in [1.29, 1.82) is 0 Å². The molecule has 1 aromatic rings. The molecule has 0 atom stereocenters. The molecule has 2 N–H and O–H groups in total. The van der Waals surface area contributed by atoms with Gasteiger partial charge in [-0.1, -0.05) is 12.1 Å². The Bertz CT molecular complexity index is 556. The molecule has 2 aliphatic rings. The van der Waals surface area contributed by atoms with Crippen molar-refractivity contribution < 1.29 is 19.4 Å². The van der Waals surface area contributed by atoms with Gasteiger partial charge in [-0.15, -0.1) is 11.6 Å². The number of benzene rings is 1. The average molecular weight is 341 g/mol. The van der Waals surface area contributed by atoms with Crippen molar-refractivity contribution in [2.45, 2.75) is 25.0 Å². The molecule has 1 spiro atoms. The van der Waals surface area contributed by atoms with Crippen LogP contribution in [0.1, 0.15) is 28.8 Å². The van der Waals surface area contributed by atoms with Gasteiger partial charge in [-0.3, -0.25) is 4.90 Å². The largest absolute Gasteiger partial charge is 0.478 e. The number of carbonyl (C=O) groups is 2. The van der Waals surface area contributed by atoms with Crippen LogP contribution < -0.4 is 5.32 Å². The molecular formula is C16H21ClN2O4. The highest BCUT2D eigenvalue weighted by molar-refractivity contribution is 6.15. The first-order valence-electron chi connectivity index (χ1n) is 7.47. The highest BCUT2D eigenvalue weighted by atomic mass is 35.5. The summed E-state index contributed by atoms with van der Waals surface area (Å²) in [6.07, 6.45) is 2.87. The van der Waals surface area contributed by atoms with Gasteiger partial charge in [0, 0.05) is 25.8 Å². The number of carbonyl (C=O) groups excluding carboxylic acids is 1. The van der Waals surface area contributed by atoms with E-state index in [2.05, 4.69) is 16.9 Å². The molecule has 7 heteroatoms. The van der Waals surface area contributed by atoms with Gasteiger partial charge in [0.15, 0.2) is 0 Å². The number of nitrogens with zero attached hydrogens (tertiary/aromatic N) is 1. The summed E-state index contributed by atoms with van der Waals surface area (Å²) < 4.78 is 5.59. The fourth-order valence-electron chi connectivity index (χ4n) is 2.93. The lowest BCUT2D eigenvalue weighted by molar-refractivity contribution is 0.0316. The van der Waals surface area contributed by atoms with E-state index >= 15 is 0 Å². The zero-order valence-electron chi connectivity index (χ0n) is 13.0. The Labute approximate surface area is 140 Å². The monoisotopic (exact) mass is 340 g/mol. The van der Waals surface area contributed by atoms with Gasteiger partial charge >= 0.3 is 12.1 Å². The van der Waals surface area contributed by atoms with Gasteiger partial charge in [0.1, 0.15) is 5.60 Å². The lowest BCUT2D eigenvalue weighted by Crippen LogP contribution is -2.44. The van der Waals surface area contributed by atoms with E-state index < -0.39 is 5.97 Å². The molecule has 1 amide bonds. The molecule has 1 aromatic carbocycles. The Kier molecular flexibility index (Phi) is 5.85. The molecule has 0 aliphatic carbocycles. The second kappa shape index (κ2) is 7.66. The number of amides is 1. The number of carboxylic acids is 1. The fraction of sp³-hybridized carbons (Fsp3) is 0.500. The smallest absolute Gasteiger partial charge is 0.410 e. The number of hydrogen-bond acceptors (Lipinski definition) is 4. The van der Waals surface area contributed by atoms with Crippen LogP contribution in [0.15, 0.2) is 24.3 Å². The number of aromatic carboxylic acids is 1. The highest BCUT2D eigenvalue weighted by Gasteiger charge is 2.45.